The smallest absolute Gasteiger partial charge is 0.241 e. The topological polar surface area (TPSA) is 106 Å². The summed E-state index contributed by atoms with van der Waals surface area (Å²) in [6.45, 7) is 9.31. The number of aromatic nitrogens is 3. The van der Waals surface area contributed by atoms with Crippen LogP contribution in [-0.4, -0.2) is 40.4 Å². The summed E-state index contributed by atoms with van der Waals surface area (Å²) >= 11 is 1.27. The Morgan fingerprint density at radius 1 is 1.30 bits per heavy atom. The second-order valence-corrected chi connectivity index (χ2v) is 9.96. The molecule has 0 spiro atoms. The van der Waals surface area contributed by atoms with Crippen LogP contribution in [-0.2, 0) is 14.8 Å². The Labute approximate surface area is 164 Å². The second-order valence-electron chi connectivity index (χ2n) is 7.33. The first-order valence-corrected chi connectivity index (χ1v) is 10.9. The van der Waals surface area contributed by atoms with Crippen molar-refractivity contribution in [1.29, 1.82) is 0 Å². The molecule has 0 unspecified atom stereocenters. The minimum absolute atomic E-state index is 0.0995. The molecule has 2 aromatic rings. The van der Waals surface area contributed by atoms with Gasteiger partial charge in [-0.15, -0.1) is 10.2 Å². The van der Waals surface area contributed by atoms with Gasteiger partial charge in [-0.3, -0.25) is 4.79 Å². The van der Waals surface area contributed by atoms with Crippen molar-refractivity contribution in [2.45, 2.75) is 56.3 Å². The Kier molecular flexibility index (Phi) is 6.66. The molecule has 8 nitrogen and oxygen atoms in total. The fourth-order valence-electron chi connectivity index (χ4n) is 2.22. The standard InChI is InChI=1S/C17H25N5O3S2/c1-12(2)22-11-18-20-16(22)26-10-15(23)19-13-7-6-8-14(9-13)27(24,25)21-17(3,4)5/h6-9,11-12,21H,10H2,1-5H3,(H,19,23). The van der Waals surface area contributed by atoms with Gasteiger partial charge in [0, 0.05) is 17.3 Å². The number of hydrogen-bond acceptors (Lipinski definition) is 6. The van der Waals surface area contributed by atoms with Crippen LogP contribution in [0.15, 0.2) is 40.6 Å². The number of anilines is 1. The Morgan fingerprint density at radius 2 is 2.00 bits per heavy atom. The number of rotatable bonds is 7. The van der Waals surface area contributed by atoms with Crippen LogP contribution < -0.4 is 10.0 Å². The molecule has 2 rings (SSSR count). The highest BCUT2D eigenvalue weighted by molar-refractivity contribution is 7.99. The van der Waals surface area contributed by atoms with Gasteiger partial charge >= 0.3 is 0 Å². The Bertz CT molecular complexity index is 901. The molecular weight excluding hydrogens is 386 g/mol. The number of hydrogen-bond donors (Lipinski definition) is 2. The number of carbonyl (C=O) groups excluding carboxylic acids is 1. The molecule has 0 radical (unpaired) electrons. The molecule has 1 heterocycles. The van der Waals surface area contributed by atoms with Crippen molar-refractivity contribution in [3.05, 3.63) is 30.6 Å². The number of amides is 1. The largest absolute Gasteiger partial charge is 0.325 e. The Balaban J connectivity index is 2.03. The molecule has 10 heteroatoms. The van der Waals surface area contributed by atoms with E-state index < -0.39 is 15.6 Å². The SMILES string of the molecule is CC(C)n1cnnc1SCC(=O)Nc1cccc(S(=O)(=O)NC(C)(C)C)c1. The maximum atomic E-state index is 12.4. The van der Waals surface area contributed by atoms with Crippen molar-refractivity contribution in [2.75, 3.05) is 11.1 Å². The normalized spacial score (nSPS) is 12.4. The van der Waals surface area contributed by atoms with Crippen molar-refractivity contribution in [3.8, 4) is 0 Å². The van der Waals surface area contributed by atoms with Gasteiger partial charge in [0.05, 0.1) is 10.6 Å². The summed E-state index contributed by atoms with van der Waals surface area (Å²) in [6.07, 6.45) is 1.63. The fraction of sp³-hybridized carbons (Fsp3) is 0.471. The summed E-state index contributed by atoms with van der Waals surface area (Å²) in [7, 11) is -3.67. The average molecular weight is 412 g/mol. The molecule has 2 N–H and O–H groups in total. The van der Waals surface area contributed by atoms with Gasteiger partial charge in [0.1, 0.15) is 6.33 Å². The van der Waals surface area contributed by atoms with Crippen molar-refractivity contribution in [1.82, 2.24) is 19.5 Å². The van der Waals surface area contributed by atoms with Gasteiger partial charge in [-0.1, -0.05) is 17.8 Å². The second kappa shape index (κ2) is 8.41. The summed E-state index contributed by atoms with van der Waals surface area (Å²) in [5, 5.41) is 11.2. The maximum absolute atomic E-state index is 12.4. The molecule has 1 aromatic heterocycles. The van der Waals surface area contributed by atoms with E-state index in [4.69, 9.17) is 0 Å². The summed E-state index contributed by atoms with van der Waals surface area (Å²) in [5.41, 5.74) is -0.177. The van der Waals surface area contributed by atoms with Crippen LogP contribution in [0, 0.1) is 0 Å². The fourth-order valence-corrected chi connectivity index (χ4v) is 4.53. The van der Waals surface area contributed by atoms with E-state index in [2.05, 4.69) is 20.2 Å². The van der Waals surface area contributed by atoms with Crippen LogP contribution in [0.5, 0.6) is 0 Å². The van der Waals surface area contributed by atoms with E-state index in [1.807, 2.05) is 18.4 Å². The van der Waals surface area contributed by atoms with Gasteiger partial charge in [0.25, 0.3) is 0 Å². The molecule has 0 aliphatic heterocycles. The van der Waals surface area contributed by atoms with Crippen molar-refractivity contribution in [3.63, 3.8) is 0 Å². The molecule has 0 saturated heterocycles. The third-order valence-electron chi connectivity index (χ3n) is 3.30. The third kappa shape index (κ3) is 6.33. The van der Waals surface area contributed by atoms with Crippen LogP contribution in [0.1, 0.15) is 40.7 Å². The third-order valence-corrected chi connectivity index (χ3v) is 6.01. The zero-order valence-corrected chi connectivity index (χ0v) is 17.7. The molecule has 0 aliphatic carbocycles. The van der Waals surface area contributed by atoms with Crippen LogP contribution in [0.3, 0.4) is 0 Å². The van der Waals surface area contributed by atoms with E-state index in [0.717, 1.165) is 0 Å². The highest BCUT2D eigenvalue weighted by Crippen LogP contribution is 2.20. The first-order valence-electron chi connectivity index (χ1n) is 8.44. The summed E-state index contributed by atoms with van der Waals surface area (Å²) in [6, 6.07) is 6.37. The van der Waals surface area contributed by atoms with E-state index in [0.29, 0.717) is 10.8 Å². The van der Waals surface area contributed by atoms with Gasteiger partial charge in [-0.2, -0.15) is 0 Å². The van der Waals surface area contributed by atoms with Gasteiger partial charge in [0.15, 0.2) is 5.16 Å². The number of nitrogens with zero attached hydrogens (tertiary/aromatic N) is 3. The zero-order chi connectivity index (χ0) is 20.2. The summed E-state index contributed by atoms with van der Waals surface area (Å²) in [5.74, 6) is -0.112. The highest BCUT2D eigenvalue weighted by atomic mass is 32.2. The first kappa shape index (κ1) is 21.4. The Morgan fingerprint density at radius 3 is 2.63 bits per heavy atom. The van der Waals surface area contributed by atoms with Gasteiger partial charge in [-0.25, -0.2) is 13.1 Å². The van der Waals surface area contributed by atoms with Gasteiger partial charge in [0.2, 0.25) is 15.9 Å². The molecule has 148 valence electrons. The number of carbonyl (C=O) groups is 1. The molecule has 0 atom stereocenters. The summed E-state index contributed by atoms with van der Waals surface area (Å²) < 4.78 is 29.3. The Hall–Kier alpha value is -1.91. The zero-order valence-electron chi connectivity index (χ0n) is 16.1. The lowest BCUT2D eigenvalue weighted by Crippen LogP contribution is -2.40. The minimum Gasteiger partial charge on any atom is -0.325 e. The van der Waals surface area contributed by atoms with Crippen molar-refractivity contribution in [2.24, 2.45) is 0 Å². The van der Waals surface area contributed by atoms with Crippen molar-refractivity contribution >= 4 is 33.4 Å². The molecule has 0 bridgehead atoms. The molecular formula is C17H25N5O3S2. The average Bonchev–Trinajstić information content (AvgIpc) is 3.00. The van der Waals surface area contributed by atoms with Gasteiger partial charge < -0.3 is 9.88 Å². The maximum Gasteiger partial charge on any atom is 0.241 e. The number of benzene rings is 1. The van der Waals surface area contributed by atoms with E-state index >= 15 is 0 Å². The van der Waals surface area contributed by atoms with E-state index in [9.17, 15) is 13.2 Å². The predicted octanol–water partition coefficient (Wildman–Crippen LogP) is 2.67. The molecule has 0 aliphatic rings. The molecule has 27 heavy (non-hydrogen) atoms. The quantitative estimate of drug-likeness (QED) is 0.679. The monoisotopic (exact) mass is 411 g/mol. The number of nitrogens with one attached hydrogen (secondary N) is 2. The number of thioether (sulfide) groups is 1. The van der Waals surface area contributed by atoms with Crippen LogP contribution >= 0.6 is 11.8 Å². The molecule has 0 fully saturated rings. The van der Waals surface area contributed by atoms with Crippen molar-refractivity contribution < 1.29 is 13.2 Å². The lowest BCUT2D eigenvalue weighted by Gasteiger charge is -2.20. The lowest BCUT2D eigenvalue weighted by molar-refractivity contribution is -0.113. The number of sulfonamides is 1. The molecule has 1 amide bonds. The molecule has 0 saturated carbocycles. The lowest BCUT2D eigenvalue weighted by atomic mass is 10.1. The van der Waals surface area contributed by atoms with Crippen LogP contribution in [0.25, 0.3) is 0 Å². The minimum atomic E-state index is -3.67. The van der Waals surface area contributed by atoms with E-state index in [1.54, 1.807) is 39.2 Å². The van der Waals surface area contributed by atoms with E-state index in [1.165, 1.54) is 23.9 Å². The first-order chi connectivity index (χ1) is 12.5. The predicted molar refractivity (Wildman–Crippen MR) is 106 cm³/mol. The highest BCUT2D eigenvalue weighted by Gasteiger charge is 2.22. The van der Waals surface area contributed by atoms with Gasteiger partial charge in [-0.05, 0) is 52.8 Å². The van der Waals surface area contributed by atoms with Crippen LogP contribution in [0.2, 0.25) is 0 Å². The van der Waals surface area contributed by atoms with Crippen LogP contribution in [0.4, 0.5) is 5.69 Å². The summed E-state index contributed by atoms with van der Waals surface area (Å²) in [4.78, 5) is 12.3. The van der Waals surface area contributed by atoms with E-state index in [-0.39, 0.29) is 22.6 Å². The molecule has 1 aromatic carbocycles.